The Morgan fingerprint density at radius 1 is 1.33 bits per heavy atom. The molecule has 0 saturated heterocycles. The molecule has 5 heteroatoms. The molecule has 5 nitrogen and oxygen atoms in total. The smallest absolute Gasteiger partial charge is 0.128 e. The summed E-state index contributed by atoms with van der Waals surface area (Å²) in [4.78, 5) is 0. The average molecular weight is 247 g/mol. The Morgan fingerprint density at radius 3 is 2.67 bits per heavy atom. The van der Waals surface area contributed by atoms with Crippen LogP contribution in [-0.2, 0) is 18.4 Å². The molecule has 0 aliphatic rings. The number of hydrogen-bond donors (Lipinski definition) is 1. The van der Waals surface area contributed by atoms with Crippen molar-refractivity contribution in [1.29, 1.82) is 0 Å². The first-order valence-electron chi connectivity index (χ1n) is 5.62. The molecule has 0 fully saturated rings. The van der Waals surface area contributed by atoms with Crippen molar-refractivity contribution in [2.45, 2.75) is 6.61 Å². The van der Waals surface area contributed by atoms with Crippen molar-refractivity contribution in [3.8, 4) is 17.0 Å². The van der Waals surface area contributed by atoms with Gasteiger partial charge in [-0.25, -0.2) is 0 Å². The van der Waals surface area contributed by atoms with Crippen molar-refractivity contribution in [2.24, 2.45) is 7.05 Å². The largest absolute Gasteiger partial charge is 0.496 e. The highest BCUT2D eigenvalue weighted by Crippen LogP contribution is 2.33. The topological polar surface area (TPSA) is 62.3 Å². The Balaban J connectivity index is 2.59. The summed E-state index contributed by atoms with van der Waals surface area (Å²) in [5, 5.41) is 4.39. The van der Waals surface area contributed by atoms with E-state index >= 15 is 0 Å². The van der Waals surface area contributed by atoms with Crippen LogP contribution in [0.1, 0.15) is 5.56 Å². The molecule has 0 amide bonds. The number of anilines is 1. The molecule has 96 valence electrons. The zero-order chi connectivity index (χ0) is 13.1. The van der Waals surface area contributed by atoms with Crippen molar-refractivity contribution >= 4 is 5.82 Å². The first-order chi connectivity index (χ1) is 8.67. The summed E-state index contributed by atoms with van der Waals surface area (Å²) >= 11 is 0. The van der Waals surface area contributed by atoms with Crippen LogP contribution in [0.15, 0.2) is 24.3 Å². The van der Waals surface area contributed by atoms with Gasteiger partial charge in [0.2, 0.25) is 0 Å². The van der Waals surface area contributed by atoms with E-state index in [9.17, 15) is 0 Å². The number of rotatable bonds is 4. The van der Waals surface area contributed by atoms with E-state index in [-0.39, 0.29) is 0 Å². The molecule has 2 N–H and O–H groups in total. The van der Waals surface area contributed by atoms with Gasteiger partial charge in [0.1, 0.15) is 11.6 Å². The van der Waals surface area contributed by atoms with Gasteiger partial charge in [-0.3, -0.25) is 4.68 Å². The van der Waals surface area contributed by atoms with Gasteiger partial charge in [0.05, 0.1) is 19.4 Å². The number of nitrogens with zero attached hydrogens (tertiary/aromatic N) is 2. The van der Waals surface area contributed by atoms with Crippen molar-refractivity contribution in [2.75, 3.05) is 20.0 Å². The molecule has 0 aliphatic heterocycles. The second kappa shape index (κ2) is 5.10. The summed E-state index contributed by atoms with van der Waals surface area (Å²) in [6.07, 6.45) is 0. The molecular weight excluding hydrogens is 230 g/mol. The minimum atomic E-state index is 0.503. The van der Waals surface area contributed by atoms with Gasteiger partial charge in [-0.05, 0) is 11.6 Å². The number of aryl methyl sites for hydroxylation is 1. The van der Waals surface area contributed by atoms with Crippen molar-refractivity contribution in [1.82, 2.24) is 9.78 Å². The van der Waals surface area contributed by atoms with E-state index < -0.39 is 0 Å². The number of nitrogens with two attached hydrogens (primary N) is 1. The minimum absolute atomic E-state index is 0.503. The van der Waals surface area contributed by atoms with E-state index in [0.717, 1.165) is 22.6 Å². The first kappa shape index (κ1) is 12.4. The van der Waals surface area contributed by atoms with E-state index in [1.807, 2.05) is 31.3 Å². The first-order valence-corrected chi connectivity index (χ1v) is 5.62. The van der Waals surface area contributed by atoms with E-state index in [1.165, 1.54) is 0 Å². The molecule has 0 spiro atoms. The van der Waals surface area contributed by atoms with Crippen molar-refractivity contribution in [3.05, 3.63) is 29.8 Å². The van der Waals surface area contributed by atoms with E-state index in [4.69, 9.17) is 15.2 Å². The van der Waals surface area contributed by atoms with Crippen LogP contribution in [0.25, 0.3) is 11.3 Å². The highest BCUT2D eigenvalue weighted by molar-refractivity contribution is 5.72. The normalized spacial score (nSPS) is 10.6. The third-order valence-corrected chi connectivity index (χ3v) is 2.80. The molecular formula is C13H17N3O2. The number of benzene rings is 1. The molecule has 1 aromatic heterocycles. The summed E-state index contributed by atoms with van der Waals surface area (Å²) in [6, 6.07) is 7.66. The lowest BCUT2D eigenvalue weighted by atomic mass is 10.0. The lowest BCUT2D eigenvalue weighted by Gasteiger charge is -2.11. The van der Waals surface area contributed by atoms with Crippen LogP contribution in [0.5, 0.6) is 5.75 Å². The van der Waals surface area contributed by atoms with Crippen molar-refractivity contribution < 1.29 is 9.47 Å². The number of nitrogen functional groups attached to an aromatic ring is 1. The number of aromatic nitrogens is 2. The quantitative estimate of drug-likeness (QED) is 0.895. The molecule has 0 atom stereocenters. The molecule has 2 rings (SSSR count). The van der Waals surface area contributed by atoms with Gasteiger partial charge in [-0.15, -0.1) is 0 Å². The van der Waals surface area contributed by atoms with Crippen LogP contribution in [0, 0.1) is 0 Å². The maximum Gasteiger partial charge on any atom is 0.128 e. The number of ether oxygens (including phenoxy) is 2. The Bertz CT molecular complexity index is 530. The third kappa shape index (κ3) is 2.17. The van der Waals surface area contributed by atoms with E-state index in [0.29, 0.717) is 12.4 Å². The van der Waals surface area contributed by atoms with Gasteiger partial charge in [-0.2, -0.15) is 5.10 Å². The molecule has 18 heavy (non-hydrogen) atoms. The van der Waals surface area contributed by atoms with Crippen LogP contribution in [0.4, 0.5) is 5.82 Å². The minimum Gasteiger partial charge on any atom is -0.496 e. The summed E-state index contributed by atoms with van der Waals surface area (Å²) in [6.45, 7) is 0.503. The van der Waals surface area contributed by atoms with Gasteiger partial charge in [0.25, 0.3) is 0 Å². The summed E-state index contributed by atoms with van der Waals surface area (Å²) in [5.41, 5.74) is 8.56. The SMILES string of the molecule is COCc1cccc(OC)c1-c1cc(N)n(C)n1. The number of methoxy groups -OCH3 is 2. The molecule has 0 aliphatic carbocycles. The molecule has 0 saturated carbocycles. The summed E-state index contributed by atoms with van der Waals surface area (Å²) in [5.74, 6) is 1.38. The van der Waals surface area contributed by atoms with Crippen LogP contribution >= 0.6 is 0 Å². The van der Waals surface area contributed by atoms with Crippen LogP contribution in [0.3, 0.4) is 0 Å². The molecule has 0 unspecified atom stereocenters. The lowest BCUT2D eigenvalue weighted by Crippen LogP contribution is -1.98. The lowest BCUT2D eigenvalue weighted by molar-refractivity contribution is 0.185. The monoisotopic (exact) mass is 247 g/mol. The standard InChI is InChI=1S/C13H17N3O2/c1-16-12(14)7-10(15-16)13-9(8-17-2)5-4-6-11(13)18-3/h4-7H,8,14H2,1-3H3. The highest BCUT2D eigenvalue weighted by atomic mass is 16.5. The van der Waals surface area contributed by atoms with Crippen LogP contribution < -0.4 is 10.5 Å². The van der Waals surface area contributed by atoms with E-state index in [1.54, 1.807) is 18.9 Å². The second-order valence-corrected chi connectivity index (χ2v) is 4.01. The van der Waals surface area contributed by atoms with Crippen molar-refractivity contribution in [3.63, 3.8) is 0 Å². The molecule has 0 radical (unpaired) electrons. The van der Waals surface area contributed by atoms with Gasteiger partial charge < -0.3 is 15.2 Å². The average Bonchev–Trinajstić information content (AvgIpc) is 2.69. The Hall–Kier alpha value is -2.01. The maximum absolute atomic E-state index is 5.82. The zero-order valence-electron chi connectivity index (χ0n) is 10.8. The van der Waals surface area contributed by atoms with Gasteiger partial charge in [0, 0.05) is 25.8 Å². The van der Waals surface area contributed by atoms with Gasteiger partial charge in [0.15, 0.2) is 0 Å². The summed E-state index contributed by atoms with van der Waals surface area (Å²) < 4.78 is 12.2. The highest BCUT2D eigenvalue weighted by Gasteiger charge is 2.15. The maximum atomic E-state index is 5.82. The van der Waals surface area contributed by atoms with Gasteiger partial charge >= 0.3 is 0 Å². The molecule has 2 aromatic rings. The van der Waals surface area contributed by atoms with Crippen LogP contribution in [-0.4, -0.2) is 24.0 Å². The van der Waals surface area contributed by atoms with E-state index in [2.05, 4.69) is 5.10 Å². The molecule has 1 aromatic carbocycles. The predicted molar refractivity (Wildman–Crippen MR) is 70.3 cm³/mol. The fourth-order valence-electron chi connectivity index (χ4n) is 1.92. The second-order valence-electron chi connectivity index (χ2n) is 4.01. The van der Waals surface area contributed by atoms with Gasteiger partial charge in [-0.1, -0.05) is 12.1 Å². The molecule has 1 heterocycles. The Labute approximate surface area is 106 Å². The zero-order valence-corrected chi connectivity index (χ0v) is 10.8. The fraction of sp³-hybridized carbons (Fsp3) is 0.308. The molecule has 0 bridgehead atoms. The van der Waals surface area contributed by atoms with Crippen LogP contribution in [0.2, 0.25) is 0 Å². The summed E-state index contributed by atoms with van der Waals surface area (Å²) in [7, 11) is 5.11. The Morgan fingerprint density at radius 2 is 2.11 bits per heavy atom. The third-order valence-electron chi connectivity index (χ3n) is 2.80. The fourth-order valence-corrected chi connectivity index (χ4v) is 1.92. The Kier molecular flexibility index (Phi) is 3.53. The predicted octanol–water partition coefficient (Wildman–Crippen LogP) is 1.82. The number of hydrogen-bond acceptors (Lipinski definition) is 4.